The second-order valence-corrected chi connectivity index (χ2v) is 6.19. The zero-order valence-corrected chi connectivity index (χ0v) is 13.6. The van der Waals surface area contributed by atoms with Gasteiger partial charge in [0.15, 0.2) is 5.54 Å². The van der Waals surface area contributed by atoms with Gasteiger partial charge in [-0.2, -0.15) is 15.5 Å². The largest absolute Gasteiger partial charge is 0.195 e. The Morgan fingerprint density at radius 2 is 1.48 bits per heavy atom. The maximum absolute atomic E-state index is 9.87. The van der Waals surface area contributed by atoms with Crippen LogP contribution in [0, 0.1) is 11.3 Å². The van der Waals surface area contributed by atoms with Crippen molar-refractivity contribution in [3.63, 3.8) is 0 Å². The van der Waals surface area contributed by atoms with Gasteiger partial charge in [-0.25, -0.2) is 0 Å². The average molecular weight is 301 g/mol. The molecule has 3 aromatic carbocycles. The van der Waals surface area contributed by atoms with Crippen LogP contribution < -0.4 is 0 Å². The molecule has 114 valence electrons. The Kier molecular flexibility index (Phi) is 3.83. The molecule has 0 bridgehead atoms. The van der Waals surface area contributed by atoms with Crippen LogP contribution in [0.3, 0.4) is 0 Å². The van der Waals surface area contributed by atoms with Gasteiger partial charge in [0, 0.05) is 5.56 Å². The third-order valence-electron chi connectivity index (χ3n) is 3.96. The first kappa shape index (κ1) is 15.2. The Morgan fingerprint density at radius 1 is 0.957 bits per heavy atom. The molecule has 0 aliphatic heterocycles. The van der Waals surface area contributed by atoms with Crippen molar-refractivity contribution in [3.05, 3.63) is 60.2 Å². The maximum atomic E-state index is 9.87. The van der Waals surface area contributed by atoms with Gasteiger partial charge in [0.2, 0.25) is 0 Å². The number of nitrogens with zero attached hydrogens (tertiary/aromatic N) is 3. The zero-order chi connectivity index (χ0) is 16.4. The zero-order valence-electron chi connectivity index (χ0n) is 13.6. The number of rotatable bonds is 3. The Balaban J connectivity index is 2.43. The van der Waals surface area contributed by atoms with E-state index >= 15 is 0 Å². The minimum atomic E-state index is -1.01. The molecule has 0 spiro atoms. The van der Waals surface area contributed by atoms with Gasteiger partial charge >= 0.3 is 0 Å². The lowest BCUT2D eigenvalue weighted by Gasteiger charge is -2.21. The number of nitriles is 1. The summed E-state index contributed by atoms with van der Waals surface area (Å²) in [6.45, 7) is 5.76. The summed E-state index contributed by atoms with van der Waals surface area (Å²) < 4.78 is 0. The van der Waals surface area contributed by atoms with E-state index in [0.717, 1.165) is 27.1 Å². The molecule has 0 radical (unpaired) electrons. The maximum Gasteiger partial charge on any atom is 0.190 e. The molecule has 0 saturated carbocycles. The van der Waals surface area contributed by atoms with Crippen LogP contribution >= 0.6 is 0 Å². The van der Waals surface area contributed by atoms with E-state index in [1.54, 1.807) is 0 Å². The second-order valence-electron chi connectivity index (χ2n) is 6.19. The highest BCUT2D eigenvalue weighted by molar-refractivity contribution is 6.03. The summed E-state index contributed by atoms with van der Waals surface area (Å²) in [4.78, 5) is 0. The van der Waals surface area contributed by atoms with Crippen molar-refractivity contribution in [1.29, 1.82) is 5.26 Å². The third kappa shape index (κ3) is 2.68. The minimum absolute atomic E-state index is 0.0592. The van der Waals surface area contributed by atoms with Gasteiger partial charge < -0.3 is 0 Å². The van der Waals surface area contributed by atoms with Crippen molar-refractivity contribution in [3.8, 4) is 6.07 Å². The first-order valence-electron chi connectivity index (χ1n) is 7.79. The monoisotopic (exact) mass is 301 g/mol. The molecule has 3 nitrogen and oxygen atoms in total. The van der Waals surface area contributed by atoms with Crippen LogP contribution in [0.2, 0.25) is 0 Å². The van der Waals surface area contributed by atoms with Crippen molar-refractivity contribution in [1.82, 2.24) is 0 Å². The summed E-state index contributed by atoms with van der Waals surface area (Å²) in [5.41, 5.74) is -0.0804. The van der Waals surface area contributed by atoms with Gasteiger partial charge in [-0.15, -0.1) is 0 Å². The van der Waals surface area contributed by atoms with Crippen molar-refractivity contribution in [2.45, 2.75) is 32.4 Å². The molecule has 3 aromatic rings. The number of benzene rings is 3. The van der Waals surface area contributed by atoms with E-state index < -0.39 is 5.54 Å². The van der Waals surface area contributed by atoms with Gasteiger partial charge in [0.05, 0.1) is 12.1 Å². The Labute approximate surface area is 136 Å². The van der Waals surface area contributed by atoms with Gasteiger partial charge in [0.25, 0.3) is 0 Å². The minimum Gasteiger partial charge on any atom is -0.195 e. The van der Waals surface area contributed by atoms with Crippen molar-refractivity contribution >= 4 is 21.5 Å². The predicted molar refractivity (Wildman–Crippen MR) is 94.4 cm³/mol. The summed E-state index contributed by atoms with van der Waals surface area (Å²) in [7, 11) is 0. The highest BCUT2D eigenvalue weighted by Crippen LogP contribution is 2.38. The summed E-state index contributed by atoms with van der Waals surface area (Å²) in [5, 5.41) is 22.9. The molecule has 0 amide bonds. The fraction of sp³-hybridized carbons (Fsp3) is 0.250. The number of hydrogen-bond acceptors (Lipinski definition) is 3. The summed E-state index contributed by atoms with van der Waals surface area (Å²) >= 11 is 0. The highest BCUT2D eigenvalue weighted by atomic mass is 15.2. The lowest BCUT2D eigenvalue weighted by Crippen LogP contribution is -2.17. The lowest BCUT2D eigenvalue weighted by atomic mass is 9.85. The molecular formula is C20H19N3. The van der Waals surface area contributed by atoms with Gasteiger partial charge in [-0.3, -0.25) is 0 Å². The van der Waals surface area contributed by atoms with Crippen LogP contribution in [0.4, 0.5) is 0 Å². The summed E-state index contributed by atoms with van der Waals surface area (Å²) in [6, 6.07) is 20.9. The molecule has 1 unspecified atom stereocenters. The van der Waals surface area contributed by atoms with E-state index in [9.17, 15) is 5.26 Å². The first-order chi connectivity index (χ1) is 11.0. The van der Waals surface area contributed by atoms with Crippen molar-refractivity contribution in [2.75, 3.05) is 0 Å². The molecule has 3 rings (SSSR count). The van der Waals surface area contributed by atoms with E-state index in [1.165, 1.54) is 0 Å². The number of azo groups is 1. The van der Waals surface area contributed by atoms with Crippen LogP contribution in [0.15, 0.2) is 64.8 Å². The Morgan fingerprint density at radius 3 is 1.96 bits per heavy atom. The van der Waals surface area contributed by atoms with Crippen molar-refractivity contribution in [2.24, 2.45) is 10.2 Å². The second kappa shape index (κ2) is 5.81. The topological polar surface area (TPSA) is 48.5 Å². The standard InChI is InChI=1S/C20H19N3/c1-14(2)22-23-20(3,13-21)19-17-10-6-4-8-15(17)12-16-9-5-7-11-18(16)19/h4-12,14H,1-3H3/b23-22+. The summed E-state index contributed by atoms with van der Waals surface area (Å²) in [6.07, 6.45) is 0. The third-order valence-corrected chi connectivity index (χ3v) is 3.96. The molecule has 0 N–H and O–H groups in total. The fourth-order valence-electron chi connectivity index (χ4n) is 2.90. The molecule has 0 aliphatic rings. The molecule has 0 heterocycles. The quantitative estimate of drug-likeness (QED) is 0.459. The summed E-state index contributed by atoms with van der Waals surface area (Å²) in [5.74, 6) is 0. The SMILES string of the molecule is CC(C)/N=N/C(C)(C#N)c1c2ccccc2cc2ccccc12. The molecule has 3 heteroatoms. The number of hydrogen-bond donors (Lipinski definition) is 0. The Bertz CT molecular complexity index is 880. The molecule has 0 saturated heterocycles. The van der Waals surface area contributed by atoms with Crippen LogP contribution in [0.5, 0.6) is 0 Å². The van der Waals surface area contributed by atoms with Crippen LogP contribution in [-0.2, 0) is 5.54 Å². The lowest BCUT2D eigenvalue weighted by molar-refractivity contribution is 0.578. The van der Waals surface area contributed by atoms with Crippen LogP contribution in [0.1, 0.15) is 26.3 Å². The predicted octanol–water partition coefficient (Wildman–Crippen LogP) is 5.59. The number of fused-ring (bicyclic) bond motifs is 2. The van der Waals surface area contributed by atoms with Crippen LogP contribution in [-0.4, -0.2) is 6.04 Å². The average Bonchev–Trinajstić information content (AvgIpc) is 2.57. The fourth-order valence-corrected chi connectivity index (χ4v) is 2.90. The first-order valence-corrected chi connectivity index (χ1v) is 7.79. The molecule has 0 fully saturated rings. The molecule has 0 aliphatic carbocycles. The van der Waals surface area contributed by atoms with Crippen LogP contribution in [0.25, 0.3) is 21.5 Å². The smallest absolute Gasteiger partial charge is 0.190 e. The molecule has 1 atom stereocenters. The van der Waals surface area contributed by atoms with E-state index in [1.807, 2.05) is 45.0 Å². The van der Waals surface area contributed by atoms with Crippen molar-refractivity contribution < 1.29 is 0 Å². The normalized spacial score (nSPS) is 14.4. The van der Waals surface area contributed by atoms with E-state index in [0.29, 0.717) is 0 Å². The van der Waals surface area contributed by atoms with Gasteiger partial charge in [-0.05, 0) is 48.4 Å². The van der Waals surface area contributed by atoms with E-state index in [-0.39, 0.29) is 6.04 Å². The van der Waals surface area contributed by atoms with E-state index in [4.69, 9.17) is 0 Å². The highest BCUT2D eigenvalue weighted by Gasteiger charge is 2.30. The van der Waals surface area contributed by atoms with Gasteiger partial charge in [0.1, 0.15) is 0 Å². The molecule has 23 heavy (non-hydrogen) atoms. The van der Waals surface area contributed by atoms with Gasteiger partial charge in [-0.1, -0.05) is 48.5 Å². The molecular weight excluding hydrogens is 282 g/mol. The molecule has 0 aromatic heterocycles. The Hall–Kier alpha value is -2.73. The van der Waals surface area contributed by atoms with E-state index in [2.05, 4.69) is 46.6 Å².